The molecule has 0 amide bonds. The lowest BCUT2D eigenvalue weighted by Crippen LogP contribution is -2.32. The molecule has 0 aromatic heterocycles. The predicted molar refractivity (Wildman–Crippen MR) is 99.1 cm³/mol. The minimum Gasteiger partial charge on any atom is -0.373 e. The predicted octanol–water partition coefficient (Wildman–Crippen LogP) is 4.61. The van der Waals surface area contributed by atoms with Crippen LogP contribution in [0.5, 0.6) is 0 Å². The lowest BCUT2D eigenvalue weighted by molar-refractivity contribution is -0.0352. The first-order valence-corrected chi connectivity index (χ1v) is 9.03. The van der Waals surface area contributed by atoms with Crippen LogP contribution >= 0.6 is 0 Å². The second kappa shape index (κ2) is 9.36. The molecule has 0 aromatic carbocycles. The van der Waals surface area contributed by atoms with E-state index in [2.05, 4.69) is 39.7 Å². The summed E-state index contributed by atoms with van der Waals surface area (Å²) in [5.41, 5.74) is 2.41. The zero-order chi connectivity index (χ0) is 17.5. The van der Waals surface area contributed by atoms with E-state index in [1.807, 2.05) is 6.08 Å². The maximum absolute atomic E-state index is 6.11. The van der Waals surface area contributed by atoms with Crippen LogP contribution in [-0.4, -0.2) is 37.6 Å². The molecular weight excluding hydrogens is 300 g/mol. The van der Waals surface area contributed by atoms with Gasteiger partial charge in [-0.2, -0.15) is 0 Å². The smallest absolute Gasteiger partial charge is 0.0802 e. The standard InChI is InChI=1S/C21H32O3/c1-6-11-22-12-7-8-19-14-16(3)21(24-19)10-9-20-13-15(2)17(4)18(5)23-20/h6-8,15,18-21H,1,3-4,9-14H2,2,5H3/b8-7+/t15-,18?,19?,20+,21+/m1/s1. The molecule has 0 bridgehead atoms. The van der Waals surface area contributed by atoms with Gasteiger partial charge in [-0.15, -0.1) is 6.58 Å². The average molecular weight is 332 g/mol. The molecule has 3 heteroatoms. The molecule has 2 fully saturated rings. The molecule has 0 N–H and O–H groups in total. The van der Waals surface area contributed by atoms with Crippen molar-refractivity contribution in [2.75, 3.05) is 13.2 Å². The van der Waals surface area contributed by atoms with Crippen molar-refractivity contribution in [3.63, 3.8) is 0 Å². The third-order valence-corrected chi connectivity index (χ3v) is 4.98. The Hall–Kier alpha value is -1.16. The summed E-state index contributed by atoms with van der Waals surface area (Å²) < 4.78 is 17.5. The molecule has 2 rings (SSSR count). The summed E-state index contributed by atoms with van der Waals surface area (Å²) in [7, 11) is 0. The molecule has 2 unspecified atom stereocenters. The van der Waals surface area contributed by atoms with Gasteiger partial charge in [-0.25, -0.2) is 0 Å². The quantitative estimate of drug-likeness (QED) is 0.480. The van der Waals surface area contributed by atoms with E-state index < -0.39 is 0 Å². The van der Waals surface area contributed by atoms with Gasteiger partial charge in [0.15, 0.2) is 0 Å². The van der Waals surface area contributed by atoms with E-state index in [0.29, 0.717) is 25.2 Å². The van der Waals surface area contributed by atoms with Crippen molar-refractivity contribution in [3.05, 3.63) is 49.1 Å². The molecule has 134 valence electrons. The van der Waals surface area contributed by atoms with Gasteiger partial charge in [-0.05, 0) is 43.3 Å². The Morgan fingerprint density at radius 2 is 1.96 bits per heavy atom. The SMILES string of the molecule is C=CCOC/C=C/C1CC(=C)[C@H](CC[C@H]2C[C@@H](C)C(=C)C(C)O2)O1. The van der Waals surface area contributed by atoms with Crippen molar-refractivity contribution in [1.29, 1.82) is 0 Å². The average Bonchev–Trinajstić information content (AvgIpc) is 2.90. The minimum atomic E-state index is 0.125. The van der Waals surface area contributed by atoms with Crippen molar-refractivity contribution in [1.82, 2.24) is 0 Å². The van der Waals surface area contributed by atoms with Crippen LogP contribution in [-0.2, 0) is 14.2 Å². The first-order chi connectivity index (χ1) is 11.5. The highest BCUT2D eigenvalue weighted by Crippen LogP contribution is 2.33. The van der Waals surface area contributed by atoms with E-state index >= 15 is 0 Å². The summed E-state index contributed by atoms with van der Waals surface area (Å²) >= 11 is 0. The van der Waals surface area contributed by atoms with Crippen LogP contribution in [0, 0.1) is 5.92 Å². The lowest BCUT2D eigenvalue weighted by Gasteiger charge is -2.34. The molecule has 2 heterocycles. The molecule has 2 aliphatic rings. The zero-order valence-corrected chi connectivity index (χ0v) is 15.2. The van der Waals surface area contributed by atoms with E-state index in [9.17, 15) is 0 Å². The maximum Gasteiger partial charge on any atom is 0.0802 e. The van der Waals surface area contributed by atoms with E-state index in [1.54, 1.807) is 6.08 Å². The normalized spacial score (nSPS) is 34.2. The molecule has 0 spiro atoms. The van der Waals surface area contributed by atoms with Crippen molar-refractivity contribution in [3.8, 4) is 0 Å². The first kappa shape index (κ1) is 19.2. The lowest BCUT2D eigenvalue weighted by atomic mass is 9.87. The Morgan fingerprint density at radius 1 is 1.17 bits per heavy atom. The summed E-state index contributed by atoms with van der Waals surface area (Å²) in [5, 5.41) is 0. The van der Waals surface area contributed by atoms with Gasteiger partial charge in [-0.1, -0.05) is 38.3 Å². The van der Waals surface area contributed by atoms with Crippen LogP contribution in [0.1, 0.15) is 39.5 Å². The second-order valence-electron chi connectivity index (χ2n) is 6.97. The molecule has 2 saturated heterocycles. The van der Waals surface area contributed by atoms with Crippen LogP contribution in [0.4, 0.5) is 0 Å². The fourth-order valence-corrected chi connectivity index (χ4v) is 3.46. The Labute approximate surface area is 147 Å². The Kier molecular flexibility index (Phi) is 7.47. The summed E-state index contributed by atoms with van der Waals surface area (Å²) in [5.74, 6) is 0.540. The van der Waals surface area contributed by atoms with Gasteiger partial charge in [0.25, 0.3) is 0 Å². The highest BCUT2D eigenvalue weighted by Gasteiger charge is 2.31. The molecule has 3 nitrogen and oxygen atoms in total. The summed E-state index contributed by atoms with van der Waals surface area (Å²) in [6, 6.07) is 0. The molecule has 2 aliphatic heterocycles. The summed E-state index contributed by atoms with van der Waals surface area (Å²) in [6.45, 7) is 17.5. The van der Waals surface area contributed by atoms with Crippen LogP contribution < -0.4 is 0 Å². The Balaban J connectivity index is 1.72. The number of ether oxygens (including phenoxy) is 3. The van der Waals surface area contributed by atoms with Crippen molar-refractivity contribution in [2.24, 2.45) is 5.92 Å². The zero-order valence-electron chi connectivity index (χ0n) is 15.2. The molecule has 0 radical (unpaired) electrons. The van der Waals surface area contributed by atoms with Gasteiger partial charge in [0.05, 0.1) is 37.6 Å². The topological polar surface area (TPSA) is 27.7 Å². The summed E-state index contributed by atoms with van der Waals surface area (Å²) in [6.07, 6.45) is 10.6. The van der Waals surface area contributed by atoms with Crippen LogP contribution in [0.15, 0.2) is 49.1 Å². The van der Waals surface area contributed by atoms with Crippen LogP contribution in [0.25, 0.3) is 0 Å². The monoisotopic (exact) mass is 332 g/mol. The molecule has 0 aliphatic carbocycles. The molecule has 24 heavy (non-hydrogen) atoms. The number of hydrogen-bond donors (Lipinski definition) is 0. The molecular formula is C21H32O3. The third kappa shape index (κ3) is 5.44. The summed E-state index contributed by atoms with van der Waals surface area (Å²) in [4.78, 5) is 0. The van der Waals surface area contributed by atoms with Gasteiger partial charge in [0.2, 0.25) is 0 Å². The van der Waals surface area contributed by atoms with E-state index in [1.165, 1.54) is 11.1 Å². The van der Waals surface area contributed by atoms with E-state index in [-0.39, 0.29) is 18.3 Å². The van der Waals surface area contributed by atoms with Gasteiger partial charge in [0, 0.05) is 6.42 Å². The first-order valence-electron chi connectivity index (χ1n) is 9.03. The largest absolute Gasteiger partial charge is 0.373 e. The van der Waals surface area contributed by atoms with Gasteiger partial charge >= 0.3 is 0 Å². The Morgan fingerprint density at radius 3 is 2.67 bits per heavy atom. The van der Waals surface area contributed by atoms with E-state index in [0.717, 1.165) is 25.7 Å². The fraction of sp³-hybridized carbons (Fsp3) is 0.619. The molecule has 0 saturated carbocycles. The molecule has 0 aromatic rings. The van der Waals surface area contributed by atoms with Crippen molar-refractivity contribution < 1.29 is 14.2 Å². The highest BCUT2D eigenvalue weighted by molar-refractivity contribution is 5.14. The highest BCUT2D eigenvalue weighted by atomic mass is 16.5. The van der Waals surface area contributed by atoms with Gasteiger partial charge in [0.1, 0.15) is 0 Å². The van der Waals surface area contributed by atoms with Crippen LogP contribution in [0.2, 0.25) is 0 Å². The molecule has 5 atom stereocenters. The van der Waals surface area contributed by atoms with Crippen molar-refractivity contribution in [2.45, 2.75) is 63.9 Å². The Bertz CT molecular complexity index is 465. The van der Waals surface area contributed by atoms with Crippen LogP contribution in [0.3, 0.4) is 0 Å². The fourth-order valence-electron chi connectivity index (χ4n) is 3.46. The van der Waals surface area contributed by atoms with Gasteiger partial charge in [-0.3, -0.25) is 0 Å². The number of rotatable bonds is 8. The van der Waals surface area contributed by atoms with Crippen molar-refractivity contribution >= 4 is 0 Å². The second-order valence-corrected chi connectivity index (χ2v) is 6.97. The van der Waals surface area contributed by atoms with Gasteiger partial charge < -0.3 is 14.2 Å². The number of hydrogen-bond acceptors (Lipinski definition) is 3. The van der Waals surface area contributed by atoms with E-state index in [4.69, 9.17) is 14.2 Å². The maximum atomic E-state index is 6.11. The third-order valence-electron chi connectivity index (χ3n) is 4.98. The minimum absolute atomic E-state index is 0.125.